The van der Waals surface area contributed by atoms with Crippen molar-refractivity contribution < 1.29 is 4.74 Å². The fourth-order valence-corrected chi connectivity index (χ4v) is 2.19. The summed E-state index contributed by atoms with van der Waals surface area (Å²) in [5.41, 5.74) is 3.41. The molecular formula is C17H22N2O. The van der Waals surface area contributed by atoms with Crippen LogP contribution < -0.4 is 10.1 Å². The Morgan fingerprint density at radius 1 is 1.20 bits per heavy atom. The normalized spacial score (nSPS) is 12.2. The third-order valence-corrected chi connectivity index (χ3v) is 3.29. The number of ether oxygens (including phenoxy) is 1. The highest BCUT2D eigenvalue weighted by molar-refractivity contribution is 5.36. The van der Waals surface area contributed by atoms with Crippen molar-refractivity contribution in [3.05, 3.63) is 59.4 Å². The lowest BCUT2D eigenvalue weighted by molar-refractivity contribution is 0.413. The van der Waals surface area contributed by atoms with Gasteiger partial charge in [0.1, 0.15) is 5.75 Å². The third-order valence-electron chi connectivity index (χ3n) is 3.29. The molecule has 0 aliphatic heterocycles. The molecule has 0 aliphatic carbocycles. The van der Waals surface area contributed by atoms with Gasteiger partial charge in [0, 0.05) is 11.9 Å². The molecule has 1 atom stereocenters. The molecule has 1 aromatic heterocycles. The summed E-state index contributed by atoms with van der Waals surface area (Å²) in [6, 6.07) is 12.5. The lowest BCUT2D eigenvalue weighted by atomic mass is 9.99. The SMILES string of the molecule is CCCNC(c1ccc(C)nc1)c1cccc(OC)c1. The number of rotatable bonds is 6. The molecule has 1 aromatic carbocycles. The molecule has 1 unspecified atom stereocenters. The van der Waals surface area contributed by atoms with Crippen LogP contribution in [0.4, 0.5) is 0 Å². The molecule has 0 fully saturated rings. The van der Waals surface area contributed by atoms with Crippen LogP contribution in [0.3, 0.4) is 0 Å². The second kappa shape index (κ2) is 7.06. The van der Waals surface area contributed by atoms with E-state index in [0.29, 0.717) is 0 Å². The van der Waals surface area contributed by atoms with Crippen molar-refractivity contribution in [1.82, 2.24) is 10.3 Å². The zero-order valence-electron chi connectivity index (χ0n) is 12.4. The number of aryl methyl sites for hydroxylation is 1. The predicted molar refractivity (Wildman–Crippen MR) is 82.1 cm³/mol. The zero-order chi connectivity index (χ0) is 14.4. The van der Waals surface area contributed by atoms with Crippen molar-refractivity contribution in [1.29, 1.82) is 0 Å². The number of pyridine rings is 1. The van der Waals surface area contributed by atoms with Crippen molar-refractivity contribution in [2.24, 2.45) is 0 Å². The van der Waals surface area contributed by atoms with Gasteiger partial charge >= 0.3 is 0 Å². The van der Waals surface area contributed by atoms with Crippen LogP contribution in [0.5, 0.6) is 5.75 Å². The molecule has 2 rings (SSSR count). The molecule has 0 saturated carbocycles. The summed E-state index contributed by atoms with van der Waals surface area (Å²) in [5.74, 6) is 0.880. The van der Waals surface area contributed by atoms with Crippen LogP contribution in [0.25, 0.3) is 0 Å². The minimum Gasteiger partial charge on any atom is -0.497 e. The Labute approximate surface area is 121 Å². The van der Waals surface area contributed by atoms with E-state index in [4.69, 9.17) is 4.74 Å². The molecule has 0 bridgehead atoms. The summed E-state index contributed by atoms with van der Waals surface area (Å²) in [6.07, 6.45) is 3.04. The number of methoxy groups -OCH3 is 1. The third kappa shape index (κ3) is 3.58. The van der Waals surface area contributed by atoms with E-state index in [0.717, 1.165) is 24.4 Å². The number of hydrogen-bond donors (Lipinski definition) is 1. The van der Waals surface area contributed by atoms with Crippen molar-refractivity contribution in [2.75, 3.05) is 13.7 Å². The van der Waals surface area contributed by atoms with Gasteiger partial charge in [0.25, 0.3) is 0 Å². The average Bonchev–Trinajstić information content (AvgIpc) is 2.49. The standard InChI is InChI=1S/C17H22N2O/c1-4-10-18-17(15-9-8-13(2)19-12-15)14-6-5-7-16(11-14)20-3/h5-9,11-12,17-18H,4,10H2,1-3H3. The number of benzene rings is 1. The van der Waals surface area contributed by atoms with Crippen molar-refractivity contribution >= 4 is 0 Å². The van der Waals surface area contributed by atoms with Crippen molar-refractivity contribution in [2.45, 2.75) is 26.3 Å². The summed E-state index contributed by atoms with van der Waals surface area (Å²) in [6.45, 7) is 5.14. The minimum atomic E-state index is 0.151. The van der Waals surface area contributed by atoms with Crippen LogP contribution in [-0.4, -0.2) is 18.6 Å². The molecule has 0 spiro atoms. The van der Waals surface area contributed by atoms with Gasteiger partial charge in [-0.15, -0.1) is 0 Å². The molecule has 2 aromatic rings. The van der Waals surface area contributed by atoms with Gasteiger partial charge in [-0.05, 0) is 49.2 Å². The predicted octanol–water partition coefficient (Wildman–Crippen LogP) is 3.49. The van der Waals surface area contributed by atoms with Crippen LogP contribution in [0.15, 0.2) is 42.6 Å². The first-order valence-corrected chi connectivity index (χ1v) is 7.04. The van der Waals surface area contributed by atoms with Crippen LogP contribution in [0, 0.1) is 6.92 Å². The maximum Gasteiger partial charge on any atom is 0.119 e. The van der Waals surface area contributed by atoms with Crippen molar-refractivity contribution in [3.8, 4) is 5.75 Å². The van der Waals surface area contributed by atoms with Gasteiger partial charge in [0.05, 0.1) is 13.2 Å². The second-order valence-corrected chi connectivity index (χ2v) is 4.90. The van der Waals surface area contributed by atoms with E-state index in [1.54, 1.807) is 7.11 Å². The average molecular weight is 270 g/mol. The fourth-order valence-electron chi connectivity index (χ4n) is 2.19. The number of hydrogen-bond acceptors (Lipinski definition) is 3. The van der Waals surface area contributed by atoms with Gasteiger partial charge in [0.15, 0.2) is 0 Å². The Kier molecular flexibility index (Phi) is 5.13. The molecule has 0 aliphatic rings. The largest absolute Gasteiger partial charge is 0.497 e. The summed E-state index contributed by atoms with van der Waals surface area (Å²) in [7, 11) is 1.70. The Bertz CT molecular complexity index is 537. The van der Waals surface area contributed by atoms with E-state index in [2.05, 4.69) is 41.5 Å². The lowest BCUT2D eigenvalue weighted by Gasteiger charge is -2.20. The molecule has 1 N–H and O–H groups in total. The molecule has 0 radical (unpaired) electrons. The number of nitrogens with one attached hydrogen (secondary N) is 1. The molecule has 0 saturated heterocycles. The number of aromatic nitrogens is 1. The summed E-state index contributed by atoms with van der Waals surface area (Å²) in [5, 5.41) is 3.58. The molecule has 20 heavy (non-hydrogen) atoms. The maximum atomic E-state index is 5.32. The first-order chi connectivity index (χ1) is 9.74. The zero-order valence-corrected chi connectivity index (χ0v) is 12.4. The van der Waals surface area contributed by atoms with Crippen LogP contribution in [0.1, 0.15) is 36.2 Å². The Balaban J connectivity index is 2.32. The van der Waals surface area contributed by atoms with Crippen molar-refractivity contribution in [3.63, 3.8) is 0 Å². The first-order valence-electron chi connectivity index (χ1n) is 7.04. The highest BCUT2D eigenvalue weighted by atomic mass is 16.5. The van der Waals surface area contributed by atoms with E-state index in [-0.39, 0.29) is 6.04 Å². The highest BCUT2D eigenvalue weighted by Gasteiger charge is 2.14. The molecule has 3 heteroatoms. The van der Waals surface area contributed by atoms with E-state index in [1.807, 2.05) is 25.3 Å². The highest BCUT2D eigenvalue weighted by Crippen LogP contribution is 2.25. The second-order valence-electron chi connectivity index (χ2n) is 4.90. The Morgan fingerprint density at radius 3 is 2.70 bits per heavy atom. The molecule has 1 heterocycles. The van der Waals surface area contributed by atoms with Gasteiger partial charge < -0.3 is 10.1 Å². The topological polar surface area (TPSA) is 34.2 Å². The fraction of sp³-hybridized carbons (Fsp3) is 0.353. The van der Waals surface area contributed by atoms with Gasteiger partial charge in [-0.1, -0.05) is 25.1 Å². The van der Waals surface area contributed by atoms with Crippen LogP contribution >= 0.6 is 0 Å². The van der Waals surface area contributed by atoms with E-state index >= 15 is 0 Å². The summed E-state index contributed by atoms with van der Waals surface area (Å²) in [4.78, 5) is 4.40. The van der Waals surface area contributed by atoms with Gasteiger partial charge in [-0.3, -0.25) is 4.98 Å². The molecule has 3 nitrogen and oxygen atoms in total. The monoisotopic (exact) mass is 270 g/mol. The van der Waals surface area contributed by atoms with Gasteiger partial charge in [-0.25, -0.2) is 0 Å². The quantitative estimate of drug-likeness (QED) is 0.872. The summed E-state index contributed by atoms with van der Waals surface area (Å²) >= 11 is 0. The molecule has 106 valence electrons. The van der Waals surface area contributed by atoms with E-state index in [1.165, 1.54) is 11.1 Å². The summed E-state index contributed by atoms with van der Waals surface area (Å²) < 4.78 is 5.32. The Morgan fingerprint density at radius 2 is 2.05 bits per heavy atom. The smallest absolute Gasteiger partial charge is 0.119 e. The van der Waals surface area contributed by atoms with Gasteiger partial charge in [-0.2, -0.15) is 0 Å². The first kappa shape index (κ1) is 14.5. The van der Waals surface area contributed by atoms with Crippen LogP contribution in [0.2, 0.25) is 0 Å². The minimum absolute atomic E-state index is 0.151. The molecular weight excluding hydrogens is 248 g/mol. The lowest BCUT2D eigenvalue weighted by Crippen LogP contribution is -2.23. The maximum absolute atomic E-state index is 5.32. The van der Waals surface area contributed by atoms with Crippen LogP contribution in [-0.2, 0) is 0 Å². The van der Waals surface area contributed by atoms with E-state index < -0.39 is 0 Å². The van der Waals surface area contributed by atoms with E-state index in [9.17, 15) is 0 Å². The number of nitrogens with zero attached hydrogens (tertiary/aromatic N) is 1. The Hall–Kier alpha value is -1.87. The molecule has 0 amide bonds. The van der Waals surface area contributed by atoms with Gasteiger partial charge in [0.2, 0.25) is 0 Å².